The largest absolute Gasteiger partial charge is 0.461 e. The predicted octanol–water partition coefficient (Wildman–Crippen LogP) is 0.708. The lowest BCUT2D eigenvalue weighted by Crippen LogP contribution is -2.32. The van der Waals surface area contributed by atoms with Crippen molar-refractivity contribution in [2.45, 2.75) is 63.3 Å². The van der Waals surface area contributed by atoms with Gasteiger partial charge in [-0.2, -0.15) is 9.97 Å². The standard InChI is InChI=1S/C17H22N6O3.C16H20N2O7S/c1-19-9-11-3-5-12(6-4-11)10-23-15-13(20-17(23)24)14(18)21-16(22-15)26-8-7-25-2;19-8-9-26-11-10-14(22)17(16(11)24)7-3-1-2-4-15(23)25-18-12(20)5-6-13(18)21/h3-6,19H,7-10H2,1-2H3,(H,20,24)(H2,18,21,22);8,11H,1-7,9-10H2. The number of aromatic amines is 1. The Morgan fingerprint density at radius 2 is 1.73 bits per heavy atom. The van der Waals surface area contributed by atoms with E-state index in [0.29, 0.717) is 61.5 Å². The number of aromatic nitrogens is 4. The van der Waals surface area contributed by atoms with Crippen LogP contribution in [0.2, 0.25) is 0 Å². The van der Waals surface area contributed by atoms with Crippen molar-refractivity contribution in [3.8, 4) is 6.01 Å². The summed E-state index contributed by atoms with van der Waals surface area (Å²) < 4.78 is 11.9. The molecule has 18 nitrogen and oxygen atoms in total. The number of thioether (sulfide) groups is 1. The maximum atomic E-state index is 12.3. The van der Waals surface area contributed by atoms with Gasteiger partial charge in [-0.25, -0.2) is 9.59 Å². The molecule has 280 valence electrons. The van der Waals surface area contributed by atoms with Gasteiger partial charge < -0.3 is 35.1 Å². The Kier molecular flexibility index (Phi) is 14.8. The second kappa shape index (κ2) is 19.5. The average Bonchev–Trinajstić information content (AvgIpc) is 3.71. The fourth-order valence-electron chi connectivity index (χ4n) is 5.30. The van der Waals surface area contributed by atoms with Gasteiger partial charge >= 0.3 is 17.7 Å². The minimum Gasteiger partial charge on any atom is -0.461 e. The van der Waals surface area contributed by atoms with E-state index in [1.165, 1.54) is 15.0 Å². The number of carbonyl (C=O) groups excluding carboxylic acids is 6. The second-order valence-electron chi connectivity index (χ2n) is 11.7. The summed E-state index contributed by atoms with van der Waals surface area (Å²) in [6.07, 6.45) is 2.53. The molecule has 2 aromatic heterocycles. The molecule has 4 amide bonds. The van der Waals surface area contributed by atoms with Crippen molar-refractivity contribution in [2.75, 3.05) is 45.4 Å². The summed E-state index contributed by atoms with van der Waals surface area (Å²) in [4.78, 5) is 98.0. The van der Waals surface area contributed by atoms with Crippen LogP contribution in [0.5, 0.6) is 6.01 Å². The molecule has 0 bridgehead atoms. The van der Waals surface area contributed by atoms with Gasteiger partial charge in [-0.1, -0.05) is 30.7 Å². The number of nitrogens with two attached hydrogens (primary N) is 1. The van der Waals surface area contributed by atoms with Crippen molar-refractivity contribution >= 4 is 64.6 Å². The summed E-state index contributed by atoms with van der Waals surface area (Å²) in [7, 11) is 3.48. The van der Waals surface area contributed by atoms with Gasteiger partial charge in [-0.15, -0.1) is 16.8 Å². The zero-order valence-corrected chi connectivity index (χ0v) is 29.8. The molecule has 1 unspecified atom stereocenters. The van der Waals surface area contributed by atoms with Crippen LogP contribution in [0.4, 0.5) is 5.82 Å². The van der Waals surface area contributed by atoms with E-state index in [-0.39, 0.29) is 67.3 Å². The molecule has 0 radical (unpaired) electrons. The first-order chi connectivity index (χ1) is 25.1. The number of anilines is 1. The molecular formula is C33H42N8O10S. The Morgan fingerprint density at radius 1 is 1.02 bits per heavy atom. The molecule has 1 atom stereocenters. The lowest BCUT2D eigenvalue weighted by Gasteiger charge is -2.14. The van der Waals surface area contributed by atoms with Gasteiger partial charge in [0.25, 0.3) is 11.8 Å². The lowest BCUT2D eigenvalue weighted by molar-refractivity contribution is -0.197. The van der Waals surface area contributed by atoms with E-state index in [2.05, 4.69) is 20.3 Å². The van der Waals surface area contributed by atoms with E-state index >= 15 is 0 Å². The van der Waals surface area contributed by atoms with Crippen molar-refractivity contribution in [1.29, 1.82) is 0 Å². The second-order valence-corrected chi connectivity index (χ2v) is 13.0. The molecular weight excluding hydrogens is 700 g/mol. The zero-order valence-electron chi connectivity index (χ0n) is 29.0. The number of benzene rings is 1. The number of aldehydes is 1. The number of nitrogens with one attached hydrogen (secondary N) is 2. The molecule has 0 aliphatic carbocycles. The normalized spacial score (nSPS) is 15.7. The van der Waals surface area contributed by atoms with E-state index in [1.807, 2.05) is 31.3 Å². The number of carbonyl (C=O) groups is 6. The van der Waals surface area contributed by atoms with Gasteiger partial charge in [0, 0.05) is 51.6 Å². The van der Waals surface area contributed by atoms with Crippen molar-refractivity contribution in [2.24, 2.45) is 0 Å². The molecule has 1 aromatic carbocycles. The number of rotatable bonds is 18. The van der Waals surface area contributed by atoms with E-state index in [9.17, 15) is 33.6 Å². The highest BCUT2D eigenvalue weighted by Gasteiger charge is 2.38. The number of hydroxylamine groups is 2. The molecule has 2 saturated heterocycles. The van der Waals surface area contributed by atoms with Crippen molar-refractivity contribution < 1.29 is 43.1 Å². The number of nitrogens with zero attached hydrogens (tertiary/aromatic N) is 5. The topological polar surface area (TPSA) is 238 Å². The van der Waals surface area contributed by atoms with E-state index in [0.717, 1.165) is 23.9 Å². The van der Waals surface area contributed by atoms with Crippen molar-refractivity contribution in [3.05, 3.63) is 45.9 Å². The monoisotopic (exact) mass is 742 g/mol. The minimum atomic E-state index is -0.660. The molecule has 2 aliphatic rings. The third-order valence-corrected chi connectivity index (χ3v) is 9.02. The Labute approximate surface area is 302 Å². The van der Waals surface area contributed by atoms with Crippen LogP contribution < -0.4 is 21.5 Å². The smallest absolute Gasteiger partial charge is 0.333 e. The zero-order chi connectivity index (χ0) is 37.6. The molecule has 4 N–H and O–H groups in total. The van der Waals surface area contributed by atoms with Crippen LogP contribution in [0.25, 0.3) is 11.2 Å². The molecule has 0 spiro atoms. The molecule has 0 saturated carbocycles. The van der Waals surface area contributed by atoms with Gasteiger partial charge in [0.15, 0.2) is 11.5 Å². The Bertz CT molecular complexity index is 1800. The number of imide groups is 2. The van der Waals surface area contributed by atoms with Crippen LogP contribution in [0.1, 0.15) is 56.1 Å². The maximum Gasteiger partial charge on any atom is 0.333 e. The number of H-pyrrole nitrogens is 1. The molecule has 5 rings (SSSR count). The number of hydrogen-bond acceptors (Lipinski definition) is 15. The fourth-order valence-corrected chi connectivity index (χ4v) is 6.14. The van der Waals surface area contributed by atoms with E-state index < -0.39 is 23.0 Å². The summed E-state index contributed by atoms with van der Waals surface area (Å²) in [5, 5.41) is 3.13. The third kappa shape index (κ3) is 10.7. The number of ether oxygens (including phenoxy) is 2. The SMILES string of the molecule is CNCc1ccc(Cn2c(=O)[nH]c3c(N)nc(OCCOC)nc32)cc1.O=CCSC1CC(=O)N(CCCCCC(=O)ON2C(=O)CCC2=O)C1=O. The van der Waals surface area contributed by atoms with Gasteiger partial charge in [0.05, 0.1) is 18.4 Å². The predicted molar refractivity (Wildman–Crippen MR) is 188 cm³/mol. The number of hydrogen-bond donors (Lipinski definition) is 3. The number of unbranched alkanes of at least 4 members (excludes halogenated alkanes) is 2. The quantitative estimate of drug-likeness (QED) is 0.0924. The maximum absolute atomic E-state index is 12.3. The highest BCUT2D eigenvalue weighted by Crippen LogP contribution is 2.25. The van der Waals surface area contributed by atoms with Crippen molar-refractivity contribution in [3.63, 3.8) is 0 Å². The Hall–Kier alpha value is -5.14. The Balaban J connectivity index is 0.000000233. The number of likely N-dealkylation sites (tertiary alicyclic amines) is 1. The van der Waals surface area contributed by atoms with Crippen LogP contribution in [0.15, 0.2) is 29.1 Å². The first kappa shape index (κ1) is 39.6. The number of imidazole rings is 1. The molecule has 19 heteroatoms. The number of nitrogen functional groups attached to an aromatic ring is 1. The van der Waals surface area contributed by atoms with Crippen LogP contribution >= 0.6 is 11.8 Å². The minimum absolute atomic E-state index is 0.0385. The Morgan fingerprint density at radius 3 is 2.40 bits per heavy atom. The highest BCUT2D eigenvalue weighted by molar-refractivity contribution is 8.01. The first-order valence-corrected chi connectivity index (χ1v) is 17.7. The fraction of sp³-hybridized carbons (Fsp3) is 0.485. The lowest BCUT2D eigenvalue weighted by atomic mass is 10.1. The first-order valence-electron chi connectivity index (χ1n) is 16.6. The van der Waals surface area contributed by atoms with Gasteiger partial charge in [0.1, 0.15) is 18.4 Å². The number of amides is 4. The molecule has 3 aromatic rings. The number of methoxy groups -OCH3 is 1. The van der Waals surface area contributed by atoms with Gasteiger partial charge in [-0.3, -0.25) is 28.6 Å². The molecule has 4 heterocycles. The van der Waals surface area contributed by atoms with Gasteiger partial charge in [0.2, 0.25) is 11.8 Å². The summed E-state index contributed by atoms with van der Waals surface area (Å²) in [5.74, 6) is -1.86. The highest BCUT2D eigenvalue weighted by atomic mass is 32.2. The van der Waals surface area contributed by atoms with Crippen LogP contribution in [0, 0.1) is 0 Å². The van der Waals surface area contributed by atoms with E-state index in [1.54, 1.807) is 7.11 Å². The third-order valence-electron chi connectivity index (χ3n) is 7.92. The van der Waals surface area contributed by atoms with Crippen LogP contribution in [-0.2, 0) is 51.4 Å². The van der Waals surface area contributed by atoms with Gasteiger partial charge in [-0.05, 0) is 31.0 Å². The van der Waals surface area contributed by atoms with E-state index in [4.69, 9.17) is 20.0 Å². The molecule has 52 heavy (non-hydrogen) atoms. The molecule has 2 fully saturated rings. The average molecular weight is 743 g/mol. The van der Waals surface area contributed by atoms with Crippen LogP contribution in [0.3, 0.4) is 0 Å². The van der Waals surface area contributed by atoms with Crippen LogP contribution in [-0.4, -0.2) is 110 Å². The summed E-state index contributed by atoms with van der Waals surface area (Å²) in [5.41, 5.74) is 8.60. The number of fused-ring (bicyclic) bond motifs is 1. The molecule has 2 aliphatic heterocycles. The summed E-state index contributed by atoms with van der Waals surface area (Å²) >= 11 is 1.16. The van der Waals surface area contributed by atoms with Crippen molar-refractivity contribution in [1.82, 2.24) is 34.8 Å². The summed E-state index contributed by atoms with van der Waals surface area (Å²) in [6, 6.07) is 8.13. The summed E-state index contributed by atoms with van der Waals surface area (Å²) in [6.45, 7) is 2.13.